The molecule has 2 aromatic heterocycles. The van der Waals surface area contributed by atoms with E-state index in [0.717, 1.165) is 45.1 Å². The van der Waals surface area contributed by atoms with E-state index in [2.05, 4.69) is 25.0 Å². The Bertz CT molecular complexity index is 579. The first-order valence-electron chi connectivity index (χ1n) is 7.45. The van der Waals surface area contributed by atoms with Crippen molar-refractivity contribution in [2.24, 2.45) is 0 Å². The standard InChI is InChI=1S/C14H19N7O/c22-13(3-1-6-21-12-15-11-18-21)19-7-9-20(10-8-19)14-16-4-2-5-17-14/h2,4-5,11-12H,1,3,6-10H2. The third kappa shape index (κ3) is 3.57. The van der Waals surface area contributed by atoms with Crippen LogP contribution in [0.4, 0.5) is 5.95 Å². The van der Waals surface area contributed by atoms with Gasteiger partial charge < -0.3 is 9.80 Å². The first kappa shape index (κ1) is 14.4. The highest BCUT2D eigenvalue weighted by molar-refractivity contribution is 5.76. The molecule has 3 rings (SSSR count). The fourth-order valence-corrected chi connectivity index (χ4v) is 2.51. The topological polar surface area (TPSA) is 80.0 Å². The smallest absolute Gasteiger partial charge is 0.225 e. The fraction of sp³-hybridized carbons (Fsp3) is 0.500. The molecule has 1 amide bonds. The number of rotatable bonds is 5. The number of carbonyl (C=O) groups is 1. The average molecular weight is 301 g/mol. The highest BCUT2D eigenvalue weighted by Crippen LogP contribution is 2.11. The normalized spacial score (nSPS) is 15.1. The Labute approximate surface area is 128 Å². The number of hydrogen-bond acceptors (Lipinski definition) is 6. The van der Waals surface area contributed by atoms with Crippen molar-refractivity contribution < 1.29 is 4.79 Å². The maximum Gasteiger partial charge on any atom is 0.225 e. The van der Waals surface area contributed by atoms with Crippen LogP contribution in [0.25, 0.3) is 0 Å². The van der Waals surface area contributed by atoms with Gasteiger partial charge in [-0.05, 0) is 12.5 Å². The van der Waals surface area contributed by atoms with E-state index < -0.39 is 0 Å². The van der Waals surface area contributed by atoms with Gasteiger partial charge in [-0.3, -0.25) is 9.48 Å². The van der Waals surface area contributed by atoms with E-state index in [1.165, 1.54) is 6.33 Å². The van der Waals surface area contributed by atoms with Crippen LogP contribution in [-0.4, -0.2) is 61.7 Å². The quantitative estimate of drug-likeness (QED) is 0.785. The van der Waals surface area contributed by atoms with E-state index in [0.29, 0.717) is 6.42 Å². The molecule has 2 aromatic rings. The van der Waals surface area contributed by atoms with Gasteiger partial charge in [-0.1, -0.05) is 0 Å². The van der Waals surface area contributed by atoms with Crippen LogP contribution in [0.15, 0.2) is 31.1 Å². The molecule has 1 aliphatic rings. The van der Waals surface area contributed by atoms with Gasteiger partial charge in [0.2, 0.25) is 11.9 Å². The van der Waals surface area contributed by atoms with Crippen molar-refractivity contribution in [2.75, 3.05) is 31.1 Å². The van der Waals surface area contributed by atoms with Crippen LogP contribution in [0.5, 0.6) is 0 Å². The monoisotopic (exact) mass is 301 g/mol. The zero-order valence-electron chi connectivity index (χ0n) is 12.4. The lowest BCUT2D eigenvalue weighted by molar-refractivity contribution is -0.131. The molecule has 8 nitrogen and oxygen atoms in total. The molecule has 22 heavy (non-hydrogen) atoms. The number of aromatic nitrogens is 5. The Morgan fingerprint density at radius 1 is 1.14 bits per heavy atom. The Hall–Kier alpha value is -2.51. The minimum absolute atomic E-state index is 0.203. The van der Waals surface area contributed by atoms with Gasteiger partial charge in [0.15, 0.2) is 0 Å². The van der Waals surface area contributed by atoms with E-state index in [1.54, 1.807) is 29.5 Å². The minimum Gasteiger partial charge on any atom is -0.339 e. The zero-order chi connectivity index (χ0) is 15.2. The summed E-state index contributed by atoms with van der Waals surface area (Å²) in [5, 5.41) is 4.03. The van der Waals surface area contributed by atoms with E-state index in [-0.39, 0.29) is 5.91 Å². The lowest BCUT2D eigenvalue weighted by atomic mass is 10.2. The summed E-state index contributed by atoms with van der Waals surface area (Å²) in [4.78, 5) is 28.6. The molecule has 1 saturated heterocycles. The lowest BCUT2D eigenvalue weighted by Crippen LogP contribution is -2.49. The molecular formula is C14H19N7O. The molecule has 0 N–H and O–H groups in total. The van der Waals surface area contributed by atoms with E-state index >= 15 is 0 Å². The first-order valence-corrected chi connectivity index (χ1v) is 7.45. The van der Waals surface area contributed by atoms with Crippen molar-refractivity contribution in [3.05, 3.63) is 31.1 Å². The summed E-state index contributed by atoms with van der Waals surface area (Å²) in [5.41, 5.74) is 0. The molecule has 0 saturated carbocycles. The second-order valence-electron chi connectivity index (χ2n) is 5.18. The second-order valence-corrected chi connectivity index (χ2v) is 5.18. The molecular weight excluding hydrogens is 282 g/mol. The predicted molar refractivity (Wildman–Crippen MR) is 80.1 cm³/mol. The highest BCUT2D eigenvalue weighted by atomic mass is 16.2. The summed E-state index contributed by atoms with van der Waals surface area (Å²) < 4.78 is 1.75. The van der Waals surface area contributed by atoms with Gasteiger partial charge in [-0.25, -0.2) is 15.0 Å². The van der Waals surface area contributed by atoms with Crippen molar-refractivity contribution in [2.45, 2.75) is 19.4 Å². The van der Waals surface area contributed by atoms with Crippen molar-refractivity contribution in [1.29, 1.82) is 0 Å². The van der Waals surface area contributed by atoms with Crippen LogP contribution in [0.2, 0.25) is 0 Å². The maximum atomic E-state index is 12.2. The molecule has 0 unspecified atom stereocenters. The maximum absolute atomic E-state index is 12.2. The van der Waals surface area contributed by atoms with Gasteiger partial charge in [-0.15, -0.1) is 0 Å². The molecule has 3 heterocycles. The van der Waals surface area contributed by atoms with Crippen molar-refractivity contribution in [3.8, 4) is 0 Å². The SMILES string of the molecule is O=C(CCCn1cncn1)N1CCN(c2ncccn2)CC1. The molecule has 0 atom stereocenters. The molecule has 1 fully saturated rings. The first-order chi connectivity index (χ1) is 10.8. The number of anilines is 1. The molecule has 0 bridgehead atoms. The Kier molecular flexibility index (Phi) is 4.57. The zero-order valence-corrected chi connectivity index (χ0v) is 12.4. The molecule has 0 radical (unpaired) electrons. The van der Waals surface area contributed by atoms with Gasteiger partial charge in [0.1, 0.15) is 12.7 Å². The van der Waals surface area contributed by atoms with Crippen LogP contribution in [0, 0.1) is 0 Å². The number of amides is 1. The van der Waals surface area contributed by atoms with E-state index in [1.807, 2.05) is 4.90 Å². The summed E-state index contributed by atoms with van der Waals surface area (Å²) in [5.74, 6) is 0.939. The van der Waals surface area contributed by atoms with Crippen LogP contribution < -0.4 is 4.90 Å². The number of hydrogen-bond donors (Lipinski definition) is 0. The van der Waals surface area contributed by atoms with Gasteiger partial charge in [0, 0.05) is 51.5 Å². The van der Waals surface area contributed by atoms with Crippen LogP contribution in [0.1, 0.15) is 12.8 Å². The number of aryl methyl sites for hydroxylation is 1. The van der Waals surface area contributed by atoms with Gasteiger partial charge in [0.05, 0.1) is 0 Å². The average Bonchev–Trinajstić information content (AvgIpc) is 3.09. The molecule has 0 spiro atoms. The van der Waals surface area contributed by atoms with Crippen LogP contribution in [-0.2, 0) is 11.3 Å². The Morgan fingerprint density at radius 3 is 2.59 bits per heavy atom. The molecule has 0 aliphatic carbocycles. The van der Waals surface area contributed by atoms with E-state index in [9.17, 15) is 4.79 Å². The number of nitrogens with zero attached hydrogens (tertiary/aromatic N) is 7. The summed E-state index contributed by atoms with van der Waals surface area (Å²) in [6.07, 6.45) is 7.98. The predicted octanol–water partition coefficient (Wildman–Crippen LogP) is 0.197. The minimum atomic E-state index is 0.203. The fourth-order valence-electron chi connectivity index (χ4n) is 2.51. The molecule has 1 aliphatic heterocycles. The van der Waals surface area contributed by atoms with Crippen molar-refractivity contribution in [1.82, 2.24) is 29.6 Å². The molecule has 8 heteroatoms. The summed E-state index contributed by atoms with van der Waals surface area (Å²) in [6.45, 7) is 3.72. The van der Waals surface area contributed by atoms with Crippen LogP contribution >= 0.6 is 0 Å². The summed E-state index contributed by atoms with van der Waals surface area (Å²) in [6, 6.07) is 1.80. The number of carbonyl (C=O) groups excluding carboxylic acids is 1. The third-order valence-electron chi connectivity index (χ3n) is 3.71. The van der Waals surface area contributed by atoms with Gasteiger partial charge in [0.25, 0.3) is 0 Å². The Balaban J connectivity index is 1.42. The summed E-state index contributed by atoms with van der Waals surface area (Å²) >= 11 is 0. The van der Waals surface area contributed by atoms with Gasteiger partial charge >= 0.3 is 0 Å². The highest BCUT2D eigenvalue weighted by Gasteiger charge is 2.21. The second kappa shape index (κ2) is 6.97. The summed E-state index contributed by atoms with van der Waals surface area (Å²) in [7, 11) is 0. The van der Waals surface area contributed by atoms with E-state index in [4.69, 9.17) is 0 Å². The third-order valence-corrected chi connectivity index (χ3v) is 3.71. The lowest BCUT2D eigenvalue weighted by Gasteiger charge is -2.34. The van der Waals surface area contributed by atoms with Crippen LogP contribution in [0.3, 0.4) is 0 Å². The van der Waals surface area contributed by atoms with Crippen molar-refractivity contribution >= 4 is 11.9 Å². The molecule has 116 valence electrons. The molecule has 0 aromatic carbocycles. The van der Waals surface area contributed by atoms with Gasteiger partial charge in [-0.2, -0.15) is 5.10 Å². The largest absolute Gasteiger partial charge is 0.339 e. The Morgan fingerprint density at radius 2 is 1.91 bits per heavy atom. The number of piperazine rings is 1. The van der Waals surface area contributed by atoms with Crippen molar-refractivity contribution in [3.63, 3.8) is 0 Å².